The van der Waals surface area contributed by atoms with E-state index in [0.717, 1.165) is 0 Å². The molecule has 0 spiro atoms. The van der Waals surface area contributed by atoms with E-state index >= 15 is 0 Å². The highest BCUT2D eigenvalue weighted by molar-refractivity contribution is 5.38. The molecule has 0 aromatic heterocycles. The molecule has 0 atom stereocenters. The number of nitrogens with one attached hydrogen (secondary N) is 1. The molecule has 0 saturated heterocycles. The van der Waals surface area contributed by atoms with Crippen LogP contribution in [0.2, 0.25) is 0 Å². The van der Waals surface area contributed by atoms with E-state index in [2.05, 4.69) is 45.3 Å². The number of hydrogen-bond donors (Lipinski definition) is 2. The Morgan fingerprint density at radius 1 is 1.29 bits per heavy atom. The maximum atomic E-state index is 8.71. The third-order valence-corrected chi connectivity index (χ3v) is 2.73. The number of aryl methyl sites for hydroxylation is 1. The summed E-state index contributed by atoms with van der Waals surface area (Å²) in [6.45, 7) is 9.09. The molecule has 1 rings (SSSR count). The monoisotopic (exact) mass is 193 g/mol. The Kier molecular flexibility index (Phi) is 3.67. The summed E-state index contributed by atoms with van der Waals surface area (Å²) in [5, 5.41) is 8.71. The van der Waals surface area contributed by atoms with Crippen LogP contribution >= 0.6 is 0 Å². The molecular formula is C12H19NO. The van der Waals surface area contributed by atoms with Crippen LogP contribution in [0.4, 0.5) is 0 Å². The Morgan fingerprint density at radius 2 is 1.93 bits per heavy atom. The van der Waals surface area contributed by atoms with Crippen LogP contribution in [0.3, 0.4) is 0 Å². The van der Waals surface area contributed by atoms with Gasteiger partial charge in [0.05, 0.1) is 0 Å². The predicted molar refractivity (Wildman–Crippen MR) is 58.6 cm³/mol. The molecule has 0 unspecified atom stereocenters. The van der Waals surface area contributed by atoms with Crippen molar-refractivity contribution in [2.45, 2.75) is 40.2 Å². The molecule has 0 aliphatic rings. The van der Waals surface area contributed by atoms with Crippen molar-refractivity contribution in [3.05, 3.63) is 34.4 Å². The van der Waals surface area contributed by atoms with Crippen molar-refractivity contribution in [2.24, 2.45) is 0 Å². The zero-order chi connectivity index (χ0) is 10.7. The summed E-state index contributed by atoms with van der Waals surface area (Å²) < 4.78 is 0. The molecule has 0 radical (unpaired) electrons. The maximum absolute atomic E-state index is 8.71. The van der Waals surface area contributed by atoms with Crippen LogP contribution in [-0.2, 0) is 6.54 Å². The number of benzene rings is 1. The average Bonchev–Trinajstić information content (AvgIpc) is 2.12. The van der Waals surface area contributed by atoms with Crippen LogP contribution in [-0.4, -0.2) is 5.21 Å². The number of rotatable bonds is 3. The predicted octanol–water partition coefficient (Wildman–Crippen LogP) is 2.91. The Labute approximate surface area is 85.9 Å². The van der Waals surface area contributed by atoms with E-state index < -0.39 is 0 Å². The molecule has 0 bridgehead atoms. The zero-order valence-electron chi connectivity index (χ0n) is 9.39. The largest absolute Gasteiger partial charge is 0.316 e. The topological polar surface area (TPSA) is 32.3 Å². The highest BCUT2D eigenvalue weighted by Gasteiger charge is 2.06. The lowest BCUT2D eigenvalue weighted by molar-refractivity contribution is 0.161. The number of hydroxylamine groups is 1. The summed E-state index contributed by atoms with van der Waals surface area (Å²) in [7, 11) is 0. The van der Waals surface area contributed by atoms with Gasteiger partial charge in [-0.3, -0.25) is 0 Å². The lowest BCUT2D eigenvalue weighted by atomic mass is 9.94. The highest BCUT2D eigenvalue weighted by Crippen LogP contribution is 2.21. The molecule has 2 heteroatoms. The van der Waals surface area contributed by atoms with Gasteiger partial charge in [0.1, 0.15) is 0 Å². The van der Waals surface area contributed by atoms with Crippen molar-refractivity contribution in [1.29, 1.82) is 0 Å². The quantitative estimate of drug-likeness (QED) is 0.723. The zero-order valence-corrected chi connectivity index (χ0v) is 9.39. The maximum Gasteiger partial charge on any atom is 0.0460 e. The molecule has 0 amide bonds. The Hall–Kier alpha value is -0.860. The van der Waals surface area contributed by atoms with Crippen molar-refractivity contribution in [3.8, 4) is 0 Å². The van der Waals surface area contributed by atoms with E-state index in [1.54, 1.807) is 0 Å². The molecule has 0 aliphatic heterocycles. The second kappa shape index (κ2) is 4.58. The standard InChI is InChI=1S/C12H19NO/c1-8(2)11-5-9(3)10(4)12(6-11)7-13-14/h5-6,8,13-14H,7H2,1-4H3. The van der Waals surface area contributed by atoms with Gasteiger partial charge >= 0.3 is 0 Å². The Morgan fingerprint density at radius 3 is 2.43 bits per heavy atom. The van der Waals surface area contributed by atoms with Crippen LogP contribution in [0.5, 0.6) is 0 Å². The normalized spacial score (nSPS) is 11.0. The van der Waals surface area contributed by atoms with Gasteiger partial charge in [0.2, 0.25) is 0 Å². The Bertz CT molecular complexity index is 318. The molecule has 2 N–H and O–H groups in total. The van der Waals surface area contributed by atoms with E-state index in [9.17, 15) is 0 Å². The van der Waals surface area contributed by atoms with Crippen LogP contribution in [0.15, 0.2) is 12.1 Å². The SMILES string of the molecule is Cc1cc(C(C)C)cc(CNO)c1C. The van der Waals surface area contributed by atoms with Crippen molar-refractivity contribution in [1.82, 2.24) is 5.48 Å². The minimum atomic E-state index is 0.521. The summed E-state index contributed by atoms with van der Waals surface area (Å²) in [5.41, 5.74) is 7.28. The third-order valence-electron chi connectivity index (χ3n) is 2.73. The van der Waals surface area contributed by atoms with Crippen molar-refractivity contribution in [2.75, 3.05) is 0 Å². The third kappa shape index (κ3) is 2.34. The molecule has 0 heterocycles. The molecule has 0 fully saturated rings. The van der Waals surface area contributed by atoms with E-state index in [1.807, 2.05) is 0 Å². The van der Waals surface area contributed by atoms with Gasteiger partial charge < -0.3 is 5.21 Å². The van der Waals surface area contributed by atoms with E-state index in [0.29, 0.717) is 12.5 Å². The van der Waals surface area contributed by atoms with Crippen LogP contribution < -0.4 is 5.48 Å². The summed E-state index contributed by atoms with van der Waals surface area (Å²) in [4.78, 5) is 0. The molecule has 14 heavy (non-hydrogen) atoms. The molecule has 78 valence electrons. The summed E-state index contributed by atoms with van der Waals surface area (Å²) in [6, 6.07) is 4.39. The van der Waals surface area contributed by atoms with Gasteiger partial charge in [-0.15, -0.1) is 0 Å². The minimum absolute atomic E-state index is 0.521. The fraction of sp³-hybridized carbons (Fsp3) is 0.500. The van der Waals surface area contributed by atoms with E-state index in [1.165, 1.54) is 22.3 Å². The van der Waals surface area contributed by atoms with Gasteiger partial charge in [-0.1, -0.05) is 26.0 Å². The fourth-order valence-corrected chi connectivity index (χ4v) is 1.56. The van der Waals surface area contributed by atoms with Crippen LogP contribution in [0.25, 0.3) is 0 Å². The smallest absolute Gasteiger partial charge is 0.0460 e. The molecule has 0 aliphatic carbocycles. The van der Waals surface area contributed by atoms with Gasteiger partial charge in [0.15, 0.2) is 0 Å². The lowest BCUT2D eigenvalue weighted by Crippen LogP contribution is -2.09. The molecular weight excluding hydrogens is 174 g/mol. The fourth-order valence-electron chi connectivity index (χ4n) is 1.56. The second-order valence-corrected chi connectivity index (χ2v) is 4.11. The summed E-state index contributed by atoms with van der Waals surface area (Å²) in [6.07, 6.45) is 0. The van der Waals surface area contributed by atoms with Crippen molar-refractivity contribution in [3.63, 3.8) is 0 Å². The lowest BCUT2D eigenvalue weighted by Gasteiger charge is -2.13. The Balaban J connectivity index is 3.14. The first-order chi connectivity index (χ1) is 6.56. The molecule has 0 saturated carbocycles. The minimum Gasteiger partial charge on any atom is -0.316 e. The molecule has 1 aromatic rings. The van der Waals surface area contributed by atoms with Crippen LogP contribution in [0.1, 0.15) is 42.0 Å². The first-order valence-electron chi connectivity index (χ1n) is 5.03. The van der Waals surface area contributed by atoms with Gasteiger partial charge in [-0.2, -0.15) is 0 Å². The van der Waals surface area contributed by atoms with Gasteiger partial charge in [-0.25, -0.2) is 5.48 Å². The number of hydrogen-bond acceptors (Lipinski definition) is 2. The van der Waals surface area contributed by atoms with Gasteiger partial charge in [0.25, 0.3) is 0 Å². The second-order valence-electron chi connectivity index (χ2n) is 4.11. The molecule has 2 nitrogen and oxygen atoms in total. The van der Waals surface area contributed by atoms with Crippen molar-refractivity contribution < 1.29 is 5.21 Å². The molecule has 1 aromatic carbocycles. The van der Waals surface area contributed by atoms with E-state index in [-0.39, 0.29) is 0 Å². The van der Waals surface area contributed by atoms with Crippen molar-refractivity contribution >= 4 is 0 Å². The summed E-state index contributed by atoms with van der Waals surface area (Å²) in [5.74, 6) is 0.534. The van der Waals surface area contributed by atoms with Gasteiger partial charge in [-0.05, 0) is 42.0 Å². The van der Waals surface area contributed by atoms with Gasteiger partial charge in [0, 0.05) is 6.54 Å². The average molecular weight is 193 g/mol. The van der Waals surface area contributed by atoms with E-state index in [4.69, 9.17) is 5.21 Å². The highest BCUT2D eigenvalue weighted by atomic mass is 16.5. The summed E-state index contributed by atoms with van der Waals surface area (Å²) >= 11 is 0. The first-order valence-corrected chi connectivity index (χ1v) is 5.03. The first kappa shape index (κ1) is 11.2. The van der Waals surface area contributed by atoms with Crippen LogP contribution in [0, 0.1) is 13.8 Å².